The van der Waals surface area contributed by atoms with Crippen LogP contribution >= 0.6 is 0 Å². The van der Waals surface area contributed by atoms with Crippen LogP contribution in [0.3, 0.4) is 0 Å². The van der Waals surface area contributed by atoms with Crippen LogP contribution in [0.2, 0.25) is 18.1 Å². The van der Waals surface area contributed by atoms with Gasteiger partial charge in [0.25, 0.3) is 0 Å². The van der Waals surface area contributed by atoms with Crippen molar-refractivity contribution in [3.8, 4) is 0 Å². The lowest BCUT2D eigenvalue weighted by Gasteiger charge is -2.42. The van der Waals surface area contributed by atoms with E-state index in [0.29, 0.717) is 6.10 Å². The zero-order valence-corrected chi connectivity index (χ0v) is 12.8. The second kappa shape index (κ2) is 5.15. The summed E-state index contributed by atoms with van der Waals surface area (Å²) in [5, 5.41) is 0. The molecular formula is C14H27NOSi. The molecule has 0 saturated carbocycles. The third kappa shape index (κ3) is 2.32. The molecule has 2 aliphatic rings. The summed E-state index contributed by atoms with van der Waals surface area (Å²) in [5.41, 5.74) is 1.48. The lowest BCUT2D eigenvalue weighted by Crippen LogP contribution is -2.47. The van der Waals surface area contributed by atoms with Crippen molar-refractivity contribution in [2.75, 3.05) is 6.54 Å². The smallest absolute Gasteiger partial charge is 0.192 e. The molecule has 1 unspecified atom stereocenters. The van der Waals surface area contributed by atoms with E-state index in [1.165, 1.54) is 43.2 Å². The molecule has 1 saturated heterocycles. The first kappa shape index (κ1) is 13.2. The van der Waals surface area contributed by atoms with E-state index in [0.717, 1.165) is 6.04 Å². The normalized spacial score (nSPS) is 25.3. The van der Waals surface area contributed by atoms with Gasteiger partial charge in [-0.2, -0.15) is 0 Å². The molecule has 0 bridgehead atoms. The summed E-state index contributed by atoms with van der Waals surface area (Å²) in [6.45, 7) is 10.4. The summed E-state index contributed by atoms with van der Waals surface area (Å²) < 4.78 is 6.55. The minimum absolute atomic E-state index is 0.326. The Balaban J connectivity index is 1.98. The molecule has 98 valence electrons. The van der Waals surface area contributed by atoms with Crippen LogP contribution in [0.1, 0.15) is 40.5 Å². The number of rotatable bonds is 6. The van der Waals surface area contributed by atoms with Gasteiger partial charge in [-0.15, -0.1) is 0 Å². The molecule has 2 atom stereocenters. The van der Waals surface area contributed by atoms with Crippen LogP contribution in [0.4, 0.5) is 0 Å². The molecule has 0 aromatic rings. The summed E-state index contributed by atoms with van der Waals surface area (Å²) in [7, 11) is -1.44. The second-order valence-corrected chi connectivity index (χ2v) is 10.2. The van der Waals surface area contributed by atoms with Gasteiger partial charge in [0.15, 0.2) is 8.32 Å². The van der Waals surface area contributed by atoms with Crippen molar-refractivity contribution >= 4 is 8.32 Å². The summed E-state index contributed by atoms with van der Waals surface area (Å²) in [4.78, 5) is 2.56. The van der Waals surface area contributed by atoms with E-state index in [4.69, 9.17) is 4.43 Å². The Labute approximate surface area is 107 Å². The highest BCUT2D eigenvalue weighted by Crippen LogP contribution is 2.36. The number of fused-ring (bicyclic) bond motifs is 1. The van der Waals surface area contributed by atoms with Crippen molar-refractivity contribution in [1.82, 2.24) is 4.90 Å². The van der Waals surface area contributed by atoms with Crippen LogP contribution in [0, 0.1) is 0 Å². The minimum atomic E-state index is -1.44. The number of hydrogen-bond donors (Lipinski definition) is 0. The average molecular weight is 253 g/mol. The Kier molecular flexibility index (Phi) is 3.98. The van der Waals surface area contributed by atoms with Crippen LogP contribution < -0.4 is 0 Å². The SMILES string of the molecule is CC[Si](CC)(CC)O[C@H](C)C1=CCC2CCN12. The van der Waals surface area contributed by atoms with Crippen LogP contribution in [0.5, 0.6) is 0 Å². The summed E-state index contributed by atoms with van der Waals surface area (Å²) in [5.74, 6) is 0. The van der Waals surface area contributed by atoms with E-state index < -0.39 is 8.32 Å². The second-order valence-electron chi connectivity index (χ2n) is 5.50. The Morgan fingerprint density at radius 1 is 1.35 bits per heavy atom. The first-order valence-electron chi connectivity index (χ1n) is 7.30. The molecule has 2 rings (SSSR count). The fourth-order valence-electron chi connectivity index (χ4n) is 3.23. The van der Waals surface area contributed by atoms with E-state index in [1.54, 1.807) is 0 Å². The molecule has 17 heavy (non-hydrogen) atoms. The average Bonchev–Trinajstić information content (AvgIpc) is 2.61. The lowest BCUT2D eigenvalue weighted by atomic mass is 10.0. The standard InChI is InChI=1S/C14H27NOSi/c1-5-17(6-2,7-3)16-12(4)14-9-8-13-10-11-15(13)14/h9,12-13H,5-8,10-11H2,1-4H3/t12-,13?/m1/s1. The van der Waals surface area contributed by atoms with Gasteiger partial charge < -0.3 is 9.33 Å². The summed E-state index contributed by atoms with van der Waals surface area (Å²) in [6, 6.07) is 4.57. The van der Waals surface area contributed by atoms with Gasteiger partial charge in [-0.1, -0.05) is 26.8 Å². The molecule has 0 N–H and O–H groups in total. The zero-order chi connectivity index (χ0) is 12.5. The summed E-state index contributed by atoms with van der Waals surface area (Å²) in [6.07, 6.45) is 5.38. The van der Waals surface area contributed by atoms with Gasteiger partial charge in [0.05, 0.1) is 6.10 Å². The fourth-order valence-corrected chi connectivity index (χ4v) is 6.11. The van der Waals surface area contributed by atoms with Gasteiger partial charge in [-0.25, -0.2) is 0 Å². The van der Waals surface area contributed by atoms with E-state index in [-0.39, 0.29) is 0 Å². The third-order valence-electron chi connectivity index (χ3n) is 4.85. The molecule has 2 heterocycles. The van der Waals surface area contributed by atoms with Gasteiger partial charge in [-0.05, 0) is 37.9 Å². The van der Waals surface area contributed by atoms with Gasteiger partial charge in [0.1, 0.15) is 0 Å². The highest BCUT2D eigenvalue weighted by molar-refractivity contribution is 6.73. The predicted molar refractivity (Wildman–Crippen MR) is 75.6 cm³/mol. The maximum atomic E-state index is 6.55. The molecule has 2 aliphatic heterocycles. The maximum absolute atomic E-state index is 6.55. The van der Waals surface area contributed by atoms with Crippen molar-refractivity contribution in [2.45, 2.75) is 70.8 Å². The maximum Gasteiger partial charge on any atom is 0.192 e. The Hall–Kier alpha value is -0.283. The van der Waals surface area contributed by atoms with Crippen LogP contribution in [0.25, 0.3) is 0 Å². The topological polar surface area (TPSA) is 12.5 Å². The largest absolute Gasteiger partial charge is 0.409 e. The molecule has 2 nitrogen and oxygen atoms in total. The lowest BCUT2D eigenvalue weighted by molar-refractivity contribution is 0.112. The molecule has 0 aromatic carbocycles. The van der Waals surface area contributed by atoms with Crippen molar-refractivity contribution in [3.05, 3.63) is 11.8 Å². The monoisotopic (exact) mass is 253 g/mol. The first-order valence-corrected chi connectivity index (χ1v) is 9.83. The Morgan fingerprint density at radius 2 is 2.00 bits per heavy atom. The van der Waals surface area contributed by atoms with Crippen molar-refractivity contribution in [1.29, 1.82) is 0 Å². The molecule has 3 heteroatoms. The number of hydrogen-bond acceptors (Lipinski definition) is 2. The van der Waals surface area contributed by atoms with Crippen molar-refractivity contribution < 1.29 is 4.43 Å². The molecule has 1 fully saturated rings. The highest BCUT2D eigenvalue weighted by Gasteiger charge is 2.38. The van der Waals surface area contributed by atoms with E-state index in [1.807, 2.05) is 0 Å². The number of nitrogens with zero attached hydrogens (tertiary/aromatic N) is 1. The fraction of sp³-hybridized carbons (Fsp3) is 0.857. The molecule has 0 radical (unpaired) electrons. The van der Waals surface area contributed by atoms with Crippen molar-refractivity contribution in [2.24, 2.45) is 0 Å². The molecule has 0 amide bonds. The van der Waals surface area contributed by atoms with E-state index in [2.05, 4.69) is 38.7 Å². The molecular weight excluding hydrogens is 226 g/mol. The van der Waals surface area contributed by atoms with Crippen LogP contribution in [-0.4, -0.2) is 31.9 Å². The van der Waals surface area contributed by atoms with Crippen LogP contribution in [-0.2, 0) is 4.43 Å². The van der Waals surface area contributed by atoms with Gasteiger partial charge in [0, 0.05) is 18.3 Å². The first-order chi connectivity index (χ1) is 8.15. The molecule has 0 aromatic heterocycles. The Morgan fingerprint density at radius 3 is 2.41 bits per heavy atom. The minimum Gasteiger partial charge on any atom is -0.409 e. The van der Waals surface area contributed by atoms with E-state index in [9.17, 15) is 0 Å². The Bertz CT molecular complexity index is 290. The van der Waals surface area contributed by atoms with Gasteiger partial charge in [0.2, 0.25) is 0 Å². The van der Waals surface area contributed by atoms with Crippen molar-refractivity contribution in [3.63, 3.8) is 0 Å². The quantitative estimate of drug-likeness (QED) is 0.668. The highest BCUT2D eigenvalue weighted by atomic mass is 28.4. The van der Waals surface area contributed by atoms with Crippen LogP contribution in [0.15, 0.2) is 11.8 Å². The summed E-state index contributed by atoms with van der Waals surface area (Å²) >= 11 is 0. The third-order valence-corrected chi connectivity index (χ3v) is 9.57. The predicted octanol–water partition coefficient (Wildman–Crippen LogP) is 3.76. The van der Waals surface area contributed by atoms with Gasteiger partial charge >= 0.3 is 0 Å². The zero-order valence-electron chi connectivity index (χ0n) is 11.8. The molecule has 0 aliphatic carbocycles. The van der Waals surface area contributed by atoms with E-state index >= 15 is 0 Å². The molecule has 0 spiro atoms. The van der Waals surface area contributed by atoms with Gasteiger partial charge in [-0.3, -0.25) is 0 Å².